The number of thioether (sulfide) groups is 1. The number of benzene rings is 2. The van der Waals surface area contributed by atoms with E-state index in [1.54, 1.807) is 18.9 Å². The van der Waals surface area contributed by atoms with Gasteiger partial charge in [-0.25, -0.2) is 0 Å². The second kappa shape index (κ2) is 8.22. The van der Waals surface area contributed by atoms with Crippen LogP contribution in [0.15, 0.2) is 53.4 Å². The van der Waals surface area contributed by atoms with Crippen molar-refractivity contribution >= 4 is 27.7 Å². The van der Waals surface area contributed by atoms with Crippen molar-refractivity contribution in [2.75, 3.05) is 19.5 Å². The minimum atomic E-state index is 0.686. The van der Waals surface area contributed by atoms with Gasteiger partial charge in [0.15, 0.2) is 0 Å². The summed E-state index contributed by atoms with van der Waals surface area (Å²) < 4.78 is 11.1. The molecule has 0 N–H and O–H groups in total. The fourth-order valence-corrected chi connectivity index (χ4v) is 2.95. The van der Waals surface area contributed by atoms with E-state index in [0.717, 1.165) is 28.1 Å². The Hall–Kier alpha value is -1.13. The third kappa shape index (κ3) is 4.46. The first kappa shape index (κ1) is 15.3. The van der Waals surface area contributed by atoms with Crippen molar-refractivity contribution < 1.29 is 9.47 Å². The number of hydrogen-bond donors (Lipinski definition) is 0. The fourth-order valence-electron chi connectivity index (χ4n) is 1.76. The molecule has 0 aromatic heterocycles. The molecule has 0 amide bonds. The Balaban J connectivity index is 1.85. The van der Waals surface area contributed by atoms with Crippen LogP contribution in [-0.2, 0) is 5.33 Å². The average molecular weight is 353 g/mol. The maximum Gasteiger partial charge on any atom is 0.123 e. The fraction of sp³-hybridized carbons (Fsp3) is 0.250. The van der Waals surface area contributed by atoms with Crippen LogP contribution in [0.3, 0.4) is 0 Å². The van der Waals surface area contributed by atoms with E-state index in [-0.39, 0.29) is 0 Å². The third-order valence-electron chi connectivity index (χ3n) is 2.76. The van der Waals surface area contributed by atoms with Gasteiger partial charge in [-0.2, -0.15) is 0 Å². The predicted octanol–water partition coefficient (Wildman–Crippen LogP) is 4.76. The summed E-state index contributed by atoms with van der Waals surface area (Å²) in [6.07, 6.45) is 0. The van der Waals surface area contributed by atoms with Gasteiger partial charge < -0.3 is 9.47 Å². The Kier molecular flexibility index (Phi) is 6.27. The minimum Gasteiger partial charge on any atom is -0.497 e. The van der Waals surface area contributed by atoms with Crippen LogP contribution < -0.4 is 9.47 Å². The molecule has 4 heteroatoms. The highest BCUT2D eigenvalue weighted by atomic mass is 79.9. The summed E-state index contributed by atoms with van der Waals surface area (Å²) in [5.41, 5.74) is 1.11. The lowest BCUT2D eigenvalue weighted by Crippen LogP contribution is -2.02. The molecule has 0 radical (unpaired) electrons. The summed E-state index contributed by atoms with van der Waals surface area (Å²) in [6.45, 7) is 0.686. The van der Waals surface area contributed by atoms with E-state index in [1.807, 2.05) is 24.3 Å². The molecule has 0 heterocycles. The molecule has 0 unspecified atom stereocenters. The van der Waals surface area contributed by atoms with Crippen LogP contribution in [0.1, 0.15) is 5.56 Å². The highest BCUT2D eigenvalue weighted by Gasteiger charge is 2.04. The zero-order valence-electron chi connectivity index (χ0n) is 11.3. The van der Waals surface area contributed by atoms with Crippen LogP contribution in [0.2, 0.25) is 0 Å². The molecular formula is C16H17BrO2S. The van der Waals surface area contributed by atoms with Crippen molar-refractivity contribution in [2.24, 2.45) is 0 Å². The Morgan fingerprint density at radius 3 is 2.60 bits per heavy atom. The lowest BCUT2D eigenvalue weighted by Gasteiger charge is -2.11. The van der Waals surface area contributed by atoms with E-state index in [1.165, 1.54) is 4.90 Å². The van der Waals surface area contributed by atoms with Gasteiger partial charge in [0.2, 0.25) is 0 Å². The Labute approximate surface area is 132 Å². The first-order valence-corrected chi connectivity index (χ1v) is 8.47. The van der Waals surface area contributed by atoms with E-state index in [9.17, 15) is 0 Å². The molecule has 2 rings (SSSR count). The number of rotatable bonds is 7. The van der Waals surface area contributed by atoms with E-state index in [4.69, 9.17) is 9.47 Å². The molecule has 0 bridgehead atoms. The van der Waals surface area contributed by atoms with Crippen molar-refractivity contribution in [3.05, 3.63) is 54.1 Å². The highest BCUT2D eigenvalue weighted by molar-refractivity contribution is 9.08. The second-order valence-electron chi connectivity index (χ2n) is 4.12. The first-order valence-electron chi connectivity index (χ1n) is 6.37. The molecule has 2 nitrogen and oxygen atoms in total. The molecule has 0 aliphatic heterocycles. The molecule has 2 aromatic rings. The summed E-state index contributed by atoms with van der Waals surface area (Å²) in [7, 11) is 1.67. The molecule has 0 saturated carbocycles. The van der Waals surface area contributed by atoms with Gasteiger partial charge in [0.05, 0.1) is 13.7 Å². The highest BCUT2D eigenvalue weighted by Crippen LogP contribution is 2.26. The zero-order valence-corrected chi connectivity index (χ0v) is 13.7. The standard InChI is InChI=1S/C16H17BrO2S/c1-18-14-7-8-16(13(11-14)12-17)19-9-10-20-15-5-3-2-4-6-15/h2-8,11H,9-10,12H2,1H3. The Bertz CT molecular complexity index is 531. The summed E-state index contributed by atoms with van der Waals surface area (Å²) in [4.78, 5) is 1.27. The van der Waals surface area contributed by atoms with E-state index >= 15 is 0 Å². The zero-order chi connectivity index (χ0) is 14.2. The summed E-state index contributed by atoms with van der Waals surface area (Å²) in [6, 6.07) is 16.2. The maximum absolute atomic E-state index is 5.84. The quantitative estimate of drug-likeness (QED) is 0.406. The van der Waals surface area contributed by atoms with Crippen LogP contribution >= 0.6 is 27.7 Å². The van der Waals surface area contributed by atoms with Gasteiger partial charge in [-0.15, -0.1) is 11.8 Å². The van der Waals surface area contributed by atoms with E-state index < -0.39 is 0 Å². The lowest BCUT2D eigenvalue weighted by molar-refractivity contribution is 0.340. The van der Waals surface area contributed by atoms with Gasteiger partial charge >= 0.3 is 0 Å². The van der Waals surface area contributed by atoms with E-state index in [2.05, 4.69) is 40.2 Å². The van der Waals surface area contributed by atoms with Gasteiger partial charge in [0.25, 0.3) is 0 Å². The van der Waals surface area contributed by atoms with Crippen LogP contribution in [0, 0.1) is 0 Å². The van der Waals surface area contributed by atoms with Crippen molar-refractivity contribution in [2.45, 2.75) is 10.2 Å². The molecule has 0 aliphatic carbocycles. The maximum atomic E-state index is 5.84. The average Bonchev–Trinajstić information content (AvgIpc) is 2.52. The van der Waals surface area contributed by atoms with Crippen molar-refractivity contribution in [3.63, 3.8) is 0 Å². The molecule has 20 heavy (non-hydrogen) atoms. The number of halogens is 1. The lowest BCUT2D eigenvalue weighted by atomic mass is 10.2. The Morgan fingerprint density at radius 2 is 1.90 bits per heavy atom. The van der Waals surface area contributed by atoms with Crippen molar-refractivity contribution in [1.29, 1.82) is 0 Å². The smallest absolute Gasteiger partial charge is 0.123 e. The SMILES string of the molecule is COc1ccc(OCCSc2ccccc2)c(CBr)c1. The van der Waals surface area contributed by atoms with E-state index in [0.29, 0.717) is 6.61 Å². The molecule has 2 aromatic carbocycles. The monoisotopic (exact) mass is 352 g/mol. The molecule has 0 atom stereocenters. The summed E-state index contributed by atoms with van der Waals surface area (Å²) in [5, 5.41) is 0.755. The van der Waals surface area contributed by atoms with Crippen LogP contribution in [-0.4, -0.2) is 19.5 Å². The van der Waals surface area contributed by atoms with Gasteiger partial charge in [0.1, 0.15) is 11.5 Å². The topological polar surface area (TPSA) is 18.5 Å². The molecule has 0 spiro atoms. The largest absolute Gasteiger partial charge is 0.497 e. The van der Waals surface area contributed by atoms with Crippen LogP contribution in [0.25, 0.3) is 0 Å². The minimum absolute atomic E-state index is 0.686. The van der Waals surface area contributed by atoms with Crippen molar-refractivity contribution in [3.8, 4) is 11.5 Å². The van der Waals surface area contributed by atoms with Crippen molar-refractivity contribution in [1.82, 2.24) is 0 Å². The summed E-state index contributed by atoms with van der Waals surface area (Å²) in [5.74, 6) is 2.69. The predicted molar refractivity (Wildman–Crippen MR) is 88.3 cm³/mol. The second-order valence-corrected chi connectivity index (χ2v) is 5.85. The van der Waals surface area contributed by atoms with Gasteiger partial charge in [0, 0.05) is 21.5 Å². The number of methoxy groups -OCH3 is 1. The van der Waals surface area contributed by atoms with Crippen LogP contribution in [0.5, 0.6) is 11.5 Å². The molecule has 0 aliphatic rings. The summed E-state index contributed by atoms with van der Waals surface area (Å²) >= 11 is 5.28. The molecule has 0 fully saturated rings. The number of alkyl halides is 1. The number of ether oxygens (including phenoxy) is 2. The molecule has 106 valence electrons. The normalized spacial score (nSPS) is 10.3. The van der Waals surface area contributed by atoms with Gasteiger partial charge in [-0.1, -0.05) is 34.1 Å². The van der Waals surface area contributed by atoms with Gasteiger partial charge in [-0.3, -0.25) is 0 Å². The molecule has 0 saturated heterocycles. The first-order chi connectivity index (χ1) is 9.83. The molecular weight excluding hydrogens is 336 g/mol. The van der Waals surface area contributed by atoms with Gasteiger partial charge in [-0.05, 0) is 30.3 Å². The number of hydrogen-bond acceptors (Lipinski definition) is 3. The Morgan fingerprint density at radius 1 is 1.10 bits per heavy atom. The van der Waals surface area contributed by atoms with Crippen LogP contribution in [0.4, 0.5) is 0 Å². The third-order valence-corrected chi connectivity index (χ3v) is 4.34.